The molecule has 0 amide bonds. The molecule has 0 spiro atoms. The Labute approximate surface area is 144 Å². The Hall–Kier alpha value is -2.11. The standard InChI is InChI=1S/C18H29N3O3/c1-5-19-18(21-12-13-6-7-13)20-11-10-14-8-9-15(22-2)17(24-4)16(14)23-3/h8-9,13H,5-7,10-12H2,1-4H3,(H2,19,20,21). The third kappa shape index (κ3) is 4.94. The summed E-state index contributed by atoms with van der Waals surface area (Å²) < 4.78 is 16.3. The Morgan fingerprint density at radius 2 is 1.83 bits per heavy atom. The minimum atomic E-state index is 0.631. The summed E-state index contributed by atoms with van der Waals surface area (Å²) in [6, 6.07) is 3.92. The predicted molar refractivity (Wildman–Crippen MR) is 96.5 cm³/mol. The summed E-state index contributed by atoms with van der Waals surface area (Å²) in [5, 5.41) is 6.67. The highest BCUT2D eigenvalue weighted by molar-refractivity contribution is 5.79. The third-order valence-corrected chi connectivity index (χ3v) is 4.02. The average Bonchev–Trinajstić information content (AvgIpc) is 3.43. The molecule has 0 bridgehead atoms. The van der Waals surface area contributed by atoms with E-state index in [-0.39, 0.29) is 0 Å². The topological polar surface area (TPSA) is 64.1 Å². The van der Waals surface area contributed by atoms with Crippen LogP contribution in [0.2, 0.25) is 0 Å². The molecule has 2 rings (SSSR count). The molecule has 1 aromatic carbocycles. The Balaban J connectivity index is 1.98. The minimum Gasteiger partial charge on any atom is -0.493 e. The molecule has 6 nitrogen and oxygen atoms in total. The fraction of sp³-hybridized carbons (Fsp3) is 0.611. The second-order valence-electron chi connectivity index (χ2n) is 5.83. The smallest absolute Gasteiger partial charge is 0.203 e. The number of methoxy groups -OCH3 is 3. The summed E-state index contributed by atoms with van der Waals surface area (Å²) in [4.78, 5) is 4.63. The molecule has 1 fully saturated rings. The summed E-state index contributed by atoms with van der Waals surface area (Å²) in [7, 11) is 4.89. The molecule has 1 aliphatic rings. The van der Waals surface area contributed by atoms with Crippen molar-refractivity contribution >= 4 is 5.96 Å². The predicted octanol–water partition coefficient (Wildman–Crippen LogP) is 2.22. The molecule has 2 N–H and O–H groups in total. The molecule has 24 heavy (non-hydrogen) atoms. The molecule has 0 unspecified atom stereocenters. The van der Waals surface area contributed by atoms with Gasteiger partial charge in [0.2, 0.25) is 5.75 Å². The maximum atomic E-state index is 5.52. The molecule has 0 aliphatic heterocycles. The van der Waals surface area contributed by atoms with Gasteiger partial charge in [0.25, 0.3) is 0 Å². The minimum absolute atomic E-state index is 0.631. The highest BCUT2D eigenvalue weighted by Crippen LogP contribution is 2.39. The molecule has 0 heterocycles. The molecule has 0 saturated heterocycles. The second kappa shape index (κ2) is 9.25. The number of hydrogen-bond acceptors (Lipinski definition) is 4. The van der Waals surface area contributed by atoms with E-state index in [1.165, 1.54) is 12.8 Å². The molecule has 134 valence electrons. The zero-order valence-electron chi connectivity index (χ0n) is 15.1. The van der Waals surface area contributed by atoms with E-state index in [1.807, 2.05) is 12.1 Å². The molecule has 1 aliphatic carbocycles. The van der Waals surface area contributed by atoms with Gasteiger partial charge in [0.1, 0.15) is 0 Å². The van der Waals surface area contributed by atoms with Crippen molar-refractivity contribution in [3.63, 3.8) is 0 Å². The third-order valence-electron chi connectivity index (χ3n) is 4.02. The summed E-state index contributed by atoms with van der Waals surface area (Å²) in [6.45, 7) is 4.61. The molecule has 1 saturated carbocycles. The maximum absolute atomic E-state index is 5.52. The number of hydrogen-bond donors (Lipinski definition) is 2. The first kappa shape index (κ1) is 18.2. The molecule has 0 aromatic heterocycles. The first-order valence-corrected chi connectivity index (χ1v) is 8.53. The lowest BCUT2D eigenvalue weighted by molar-refractivity contribution is 0.322. The summed E-state index contributed by atoms with van der Waals surface area (Å²) in [5.41, 5.74) is 1.07. The van der Waals surface area contributed by atoms with Crippen molar-refractivity contribution < 1.29 is 14.2 Å². The lowest BCUT2D eigenvalue weighted by Crippen LogP contribution is -2.38. The van der Waals surface area contributed by atoms with E-state index in [0.717, 1.165) is 49.2 Å². The van der Waals surface area contributed by atoms with Crippen molar-refractivity contribution in [2.24, 2.45) is 10.9 Å². The molecular weight excluding hydrogens is 306 g/mol. The number of nitrogens with zero attached hydrogens (tertiary/aromatic N) is 1. The van der Waals surface area contributed by atoms with Gasteiger partial charge >= 0.3 is 0 Å². The van der Waals surface area contributed by atoms with Crippen molar-refractivity contribution in [3.05, 3.63) is 17.7 Å². The van der Waals surface area contributed by atoms with E-state index in [9.17, 15) is 0 Å². The summed E-state index contributed by atoms with van der Waals surface area (Å²) in [6.07, 6.45) is 3.43. The highest BCUT2D eigenvalue weighted by atomic mass is 16.5. The first-order valence-electron chi connectivity index (χ1n) is 8.53. The van der Waals surface area contributed by atoms with Gasteiger partial charge in [-0.05, 0) is 38.2 Å². The van der Waals surface area contributed by atoms with Crippen LogP contribution in [0, 0.1) is 5.92 Å². The molecule has 6 heteroatoms. The Morgan fingerprint density at radius 1 is 1.08 bits per heavy atom. The van der Waals surface area contributed by atoms with Crippen molar-refractivity contribution in [2.75, 3.05) is 41.0 Å². The van der Waals surface area contributed by atoms with Crippen LogP contribution in [0.25, 0.3) is 0 Å². The van der Waals surface area contributed by atoms with Gasteiger partial charge in [-0.1, -0.05) is 6.07 Å². The maximum Gasteiger partial charge on any atom is 0.203 e. The monoisotopic (exact) mass is 335 g/mol. The van der Waals surface area contributed by atoms with Crippen molar-refractivity contribution in [1.29, 1.82) is 0 Å². The number of nitrogens with one attached hydrogen (secondary N) is 2. The van der Waals surface area contributed by atoms with Crippen LogP contribution in [-0.4, -0.2) is 46.9 Å². The Bertz CT molecular complexity index is 557. The van der Waals surface area contributed by atoms with Gasteiger partial charge in [-0.25, -0.2) is 0 Å². The van der Waals surface area contributed by atoms with Gasteiger partial charge in [-0.15, -0.1) is 0 Å². The van der Waals surface area contributed by atoms with Crippen molar-refractivity contribution in [2.45, 2.75) is 26.2 Å². The van der Waals surface area contributed by atoms with E-state index in [4.69, 9.17) is 14.2 Å². The lowest BCUT2D eigenvalue weighted by atomic mass is 10.1. The number of rotatable bonds is 9. The van der Waals surface area contributed by atoms with Crippen LogP contribution in [0.3, 0.4) is 0 Å². The van der Waals surface area contributed by atoms with Crippen LogP contribution in [0.1, 0.15) is 25.3 Å². The van der Waals surface area contributed by atoms with E-state index in [1.54, 1.807) is 21.3 Å². The van der Waals surface area contributed by atoms with Crippen LogP contribution in [0.15, 0.2) is 17.1 Å². The van der Waals surface area contributed by atoms with Crippen LogP contribution in [-0.2, 0) is 6.42 Å². The highest BCUT2D eigenvalue weighted by Gasteiger charge is 2.20. The van der Waals surface area contributed by atoms with Crippen molar-refractivity contribution in [3.8, 4) is 17.2 Å². The van der Waals surface area contributed by atoms with Gasteiger partial charge in [0.05, 0.1) is 21.3 Å². The van der Waals surface area contributed by atoms with E-state index < -0.39 is 0 Å². The van der Waals surface area contributed by atoms with Gasteiger partial charge < -0.3 is 24.8 Å². The molecular formula is C18H29N3O3. The number of guanidine groups is 1. The Morgan fingerprint density at radius 3 is 2.42 bits per heavy atom. The second-order valence-corrected chi connectivity index (χ2v) is 5.83. The summed E-state index contributed by atoms with van der Waals surface area (Å²) >= 11 is 0. The van der Waals surface area contributed by atoms with E-state index in [2.05, 4.69) is 22.5 Å². The van der Waals surface area contributed by atoms with Gasteiger partial charge in [0.15, 0.2) is 17.5 Å². The van der Waals surface area contributed by atoms with Gasteiger partial charge in [0, 0.05) is 25.2 Å². The lowest BCUT2D eigenvalue weighted by Gasteiger charge is -2.16. The molecule has 0 radical (unpaired) electrons. The van der Waals surface area contributed by atoms with E-state index >= 15 is 0 Å². The number of aliphatic imine (C=N–C) groups is 1. The fourth-order valence-electron chi connectivity index (χ4n) is 2.54. The quantitative estimate of drug-likeness (QED) is 0.535. The van der Waals surface area contributed by atoms with Gasteiger partial charge in [-0.2, -0.15) is 0 Å². The van der Waals surface area contributed by atoms with Crippen LogP contribution in [0.5, 0.6) is 17.2 Å². The first-order chi connectivity index (χ1) is 11.7. The zero-order valence-corrected chi connectivity index (χ0v) is 15.1. The molecule has 0 atom stereocenters. The molecule has 1 aromatic rings. The summed E-state index contributed by atoms with van der Waals surface area (Å²) in [5.74, 6) is 3.69. The van der Waals surface area contributed by atoms with Crippen LogP contribution >= 0.6 is 0 Å². The SMILES string of the molecule is CCNC(=NCC1CC1)NCCc1ccc(OC)c(OC)c1OC. The van der Waals surface area contributed by atoms with Crippen molar-refractivity contribution in [1.82, 2.24) is 10.6 Å². The van der Waals surface area contributed by atoms with E-state index in [0.29, 0.717) is 11.5 Å². The zero-order chi connectivity index (χ0) is 17.4. The largest absolute Gasteiger partial charge is 0.493 e. The van der Waals surface area contributed by atoms with Gasteiger partial charge in [-0.3, -0.25) is 4.99 Å². The Kier molecular flexibility index (Phi) is 7.03. The number of ether oxygens (including phenoxy) is 3. The van der Waals surface area contributed by atoms with Crippen LogP contribution < -0.4 is 24.8 Å². The average molecular weight is 335 g/mol. The fourth-order valence-corrected chi connectivity index (χ4v) is 2.54. The van der Waals surface area contributed by atoms with Crippen LogP contribution in [0.4, 0.5) is 0 Å². The number of benzene rings is 1. The normalized spacial score (nSPS) is 14.2.